The van der Waals surface area contributed by atoms with E-state index in [-0.39, 0.29) is 19.6 Å². The summed E-state index contributed by atoms with van der Waals surface area (Å²) in [5, 5.41) is 30.7. The number of carbonyl (C=O) groups excluding carboxylic acids is 1. The van der Waals surface area contributed by atoms with Crippen molar-refractivity contribution in [3.63, 3.8) is 0 Å². The van der Waals surface area contributed by atoms with Crippen LogP contribution in [0.2, 0.25) is 0 Å². The summed E-state index contributed by atoms with van der Waals surface area (Å²) in [4.78, 5) is 12.9. The fourth-order valence-electron chi connectivity index (χ4n) is 6.49. The second-order valence-corrected chi connectivity index (χ2v) is 17.0. The van der Waals surface area contributed by atoms with E-state index in [9.17, 15) is 33.1 Å². The van der Waals surface area contributed by atoms with Crippen LogP contribution in [0.3, 0.4) is 0 Å². The molecule has 0 aromatic rings. The van der Waals surface area contributed by atoms with Crippen molar-refractivity contribution >= 4 is 16.4 Å². The predicted octanol–water partition coefficient (Wildman–Crippen LogP) is 11.0. The third kappa shape index (κ3) is 35.7. The predicted molar refractivity (Wildman–Crippen MR) is 266 cm³/mol. The number of esters is 1. The average molecular weight is 945 g/mol. The SMILES string of the molecule is CC/C=C\C/C=C\C/C=C\C/C=C\C/C=C\C/C=C\C/C=C\CCCCCC(=O)OC(COCCCCCC/C=C\C/C=C\C/C=C\CC)COC1OC(CO)C(O)C(OS(=O)(=O)O)C1O. The standard InChI is InChI=1S/C53H84O12S/c1-3-5-7-9-11-13-15-17-19-20-21-22-23-24-25-26-27-28-29-30-32-34-36-38-40-42-49(55)63-47(45-61-43-41-39-37-35-33-31-18-16-14-12-10-8-6-4-2)46-62-53-51(57)52(65-66(58,59)60)50(56)48(44-54)64-53/h5-8,11-14,17-19,21-22,24-25,27-28,30-32,47-48,50-54,56-57H,3-4,9-10,15-16,20,23,26,29,33-46H2,1-2H3,(H,58,59,60)/b7-5-,8-6-,13-11-,14-12-,19-17-,22-21-,25-24-,28-27-,31-18-,32-30-. The lowest BCUT2D eigenvalue weighted by atomic mass is 9.99. The highest BCUT2D eigenvalue weighted by Gasteiger charge is 2.48. The molecule has 1 heterocycles. The molecule has 0 bridgehead atoms. The van der Waals surface area contributed by atoms with E-state index in [0.717, 1.165) is 116 Å². The van der Waals surface area contributed by atoms with Crippen LogP contribution in [-0.4, -0.2) is 97.5 Å². The molecule has 0 saturated carbocycles. The Morgan fingerprint density at radius 1 is 0.576 bits per heavy atom. The van der Waals surface area contributed by atoms with Crippen LogP contribution < -0.4 is 0 Å². The van der Waals surface area contributed by atoms with E-state index < -0.39 is 59.8 Å². The summed E-state index contributed by atoms with van der Waals surface area (Å²) in [5.41, 5.74) is 0. The molecule has 0 aromatic carbocycles. The Bertz CT molecular complexity index is 1610. The number of aliphatic hydroxyl groups is 3. The highest BCUT2D eigenvalue weighted by Crippen LogP contribution is 2.26. The molecule has 13 heteroatoms. The minimum absolute atomic E-state index is 0.00237. The van der Waals surface area contributed by atoms with Crippen LogP contribution in [0.15, 0.2) is 122 Å². The summed E-state index contributed by atoms with van der Waals surface area (Å²) in [6.07, 6.45) is 52.3. The molecule has 0 aromatic heterocycles. The topological polar surface area (TPSA) is 178 Å². The van der Waals surface area contributed by atoms with Gasteiger partial charge in [0.15, 0.2) is 6.29 Å². The van der Waals surface area contributed by atoms with Crippen molar-refractivity contribution in [1.82, 2.24) is 0 Å². The highest BCUT2D eigenvalue weighted by molar-refractivity contribution is 7.80. The molecule has 1 saturated heterocycles. The van der Waals surface area contributed by atoms with Gasteiger partial charge in [-0.2, -0.15) is 8.42 Å². The molecule has 0 radical (unpaired) electrons. The lowest BCUT2D eigenvalue weighted by Crippen LogP contribution is -2.60. The molecule has 1 rings (SSSR count). The molecule has 0 amide bonds. The minimum atomic E-state index is -5.08. The lowest BCUT2D eigenvalue weighted by Gasteiger charge is -2.41. The van der Waals surface area contributed by atoms with Gasteiger partial charge in [0.25, 0.3) is 0 Å². The fraction of sp³-hybridized carbons (Fsp3) is 0.604. The van der Waals surface area contributed by atoms with E-state index in [0.29, 0.717) is 13.0 Å². The Hall–Kier alpha value is -3.50. The van der Waals surface area contributed by atoms with Gasteiger partial charge in [0.2, 0.25) is 0 Å². The molecule has 12 nitrogen and oxygen atoms in total. The van der Waals surface area contributed by atoms with Gasteiger partial charge in [-0.25, -0.2) is 4.18 Å². The number of hydrogen-bond acceptors (Lipinski definition) is 11. The van der Waals surface area contributed by atoms with Gasteiger partial charge in [-0.3, -0.25) is 9.35 Å². The van der Waals surface area contributed by atoms with Crippen LogP contribution in [0.4, 0.5) is 0 Å². The summed E-state index contributed by atoms with van der Waals surface area (Å²) in [7, 11) is -5.08. The van der Waals surface area contributed by atoms with E-state index in [1.54, 1.807) is 0 Å². The average Bonchev–Trinajstić information content (AvgIpc) is 3.29. The van der Waals surface area contributed by atoms with Crippen molar-refractivity contribution in [2.45, 2.75) is 179 Å². The van der Waals surface area contributed by atoms with E-state index in [2.05, 4.69) is 140 Å². The van der Waals surface area contributed by atoms with Crippen molar-refractivity contribution in [1.29, 1.82) is 0 Å². The van der Waals surface area contributed by atoms with Crippen LogP contribution in [0, 0.1) is 0 Å². The first kappa shape index (κ1) is 60.5. The van der Waals surface area contributed by atoms with Crippen molar-refractivity contribution in [2.75, 3.05) is 26.4 Å². The molecular formula is C53H84O12S. The van der Waals surface area contributed by atoms with Crippen molar-refractivity contribution in [2.24, 2.45) is 0 Å². The molecule has 1 aliphatic heterocycles. The Kier molecular flexibility index (Phi) is 39.3. The first-order valence-electron chi connectivity index (χ1n) is 24.3. The number of rotatable bonds is 40. The molecule has 6 atom stereocenters. The molecular weight excluding hydrogens is 861 g/mol. The first-order chi connectivity index (χ1) is 32.1. The quantitative estimate of drug-likeness (QED) is 0.0198. The number of aliphatic hydroxyl groups excluding tert-OH is 3. The van der Waals surface area contributed by atoms with Gasteiger partial charge in [-0.05, 0) is 103 Å². The second kappa shape index (κ2) is 42.8. The second-order valence-electron chi connectivity index (χ2n) is 15.9. The van der Waals surface area contributed by atoms with Crippen LogP contribution in [0.5, 0.6) is 0 Å². The van der Waals surface area contributed by atoms with E-state index in [4.69, 9.17) is 18.9 Å². The van der Waals surface area contributed by atoms with Crippen LogP contribution >= 0.6 is 0 Å². The highest BCUT2D eigenvalue weighted by atomic mass is 32.3. The van der Waals surface area contributed by atoms with E-state index >= 15 is 0 Å². The maximum absolute atomic E-state index is 12.9. The van der Waals surface area contributed by atoms with Crippen molar-refractivity contribution in [3.05, 3.63) is 122 Å². The third-order valence-corrected chi connectivity index (χ3v) is 10.5. The maximum Gasteiger partial charge on any atom is 0.397 e. The monoisotopic (exact) mass is 945 g/mol. The number of carbonyl (C=O) groups is 1. The maximum atomic E-state index is 12.9. The molecule has 1 fully saturated rings. The zero-order valence-electron chi connectivity index (χ0n) is 39.9. The summed E-state index contributed by atoms with van der Waals surface area (Å²) < 4.78 is 59.1. The Morgan fingerprint density at radius 3 is 1.44 bits per heavy atom. The number of hydrogen-bond donors (Lipinski definition) is 4. The largest absolute Gasteiger partial charge is 0.457 e. The normalized spacial score (nSPS) is 20.6. The molecule has 1 aliphatic rings. The minimum Gasteiger partial charge on any atom is -0.457 e. The van der Waals surface area contributed by atoms with E-state index in [1.807, 2.05) is 0 Å². The third-order valence-electron chi connectivity index (χ3n) is 10.1. The summed E-state index contributed by atoms with van der Waals surface area (Å²) in [6.45, 7) is 3.63. The van der Waals surface area contributed by atoms with Gasteiger partial charge < -0.3 is 34.3 Å². The first-order valence-corrected chi connectivity index (χ1v) is 25.7. The zero-order valence-corrected chi connectivity index (χ0v) is 40.8. The van der Waals surface area contributed by atoms with Gasteiger partial charge in [-0.1, -0.05) is 155 Å². The smallest absolute Gasteiger partial charge is 0.397 e. The van der Waals surface area contributed by atoms with Crippen molar-refractivity contribution in [3.8, 4) is 0 Å². The Balaban J connectivity index is 2.43. The van der Waals surface area contributed by atoms with Gasteiger partial charge in [0.05, 0.1) is 19.8 Å². The van der Waals surface area contributed by atoms with Crippen LogP contribution in [0.1, 0.15) is 142 Å². The molecule has 374 valence electrons. The molecule has 6 unspecified atom stereocenters. The van der Waals surface area contributed by atoms with Gasteiger partial charge in [0.1, 0.15) is 30.5 Å². The number of unbranched alkanes of at least 4 members (excludes halogenated alkanes) is 7. The Morgan fingerprint density at radius 2 is 1.00 bits per heavy atom. The fourth-order valence-corrected chi connectivity index (χ4v) is 7.00. The Labute approximate surface area is 398 Å². The lowest BCUT2D eigenvalue weighted by molar-refractivity contribution is -0.301. The summed E-state index contributed by atoms with van der Waals surface area (Å²) in [6, 6.07) is 0. The van der Waals surface area contributed by atoms with Gasteiger partial charge >= 0.3 is 16.4 Å². The van der Waals surface area contributed by atoms with Crippen LogP contribution in [-0.2, 0) is 38.3 Å². The molecule has 0 aliphatic carbocycles. The zero-order chi connectivity index (χ0) is 48.2. The van der Waals surface area contributed by atoms with Crippen LogP contribution in [0.25, 0.3) is 0 Å². The van der Waals surface area contributed by atoms with Gasteiger partial charge in [-0.15, -0.1) is 0 Å². The van der Waals surface area contributed by atoms with Gasteiger partial charge in [0, 0.05) is 13.0 Å². The molecule has 66 heavy (non-hydrogen) atoms. The molecule has 4 N–H and O–H groups in total. The molecule has 0 spiro atoms. The van der Waals surface area contributed by atoms with E-state index in [1.165, 1.54) is 0 Å². The van der Waals surface area contributed by atoms with Crippen molar-refractivity contribution < 1.29 is 56.2 Å². The number of ether oxygens (including phenoxy) is 4. The summed E-state index contributed by atoms with van der Waals surface area (Å²) >= 11 is 0. The number of allylic oxidation sites excluding steroid dienone is 20. The summed E-state index contributed by atoms with van der Waals surface area (Å²) in [5.74, 6) is -0.446.